The van der Waals surface area contributed by atoms with Gasteiger partial charge in [-0.25, -0.2) is 9.97 Å². The summed E-state index contributed by atoms with van der Waals surface area (Å²) < 4.78 is 13.1. The lowest BCUT2D eigenvalue weighted by atomic mass is 9.93. The highest BCUT2D eigenvalue weighted by Crippen LogP contribution is 2.31. The Morgan fingerprint density at radius 1 is 0.923 bits per heavy atom. The number of para-hydroxylation sites is 2. The average molecular weight is 520 g/mol. The largest absolute Gasteiger partial charge is 0.481 e. The molecule has 6 rings (SSSR count). The van der Waals surface area contributed by atoms with E-state index in [1.54, 1.807) is 20.4 Å². The highest BCUT2D eigenvalue weighted by molar-refractivity contribution is 5.84. The number of nitrogens with zero attached hydrogens (tertiary/aromatic N) is 4. The second kappa shape index (κ2) is 10.9. The summed E-state index contributed by atoms with van der Waals surface area (Å²) in [6.45, 7) is 2.11. The molecule has 3 aliphatic rings. The minimum Gasteiger partial charge on any atom is -0.481 e. The van der Waals surface area contributed by atoms with Crippen molar-refractivity contribution in [3.05, 3.63) is 89.9 Å². The van der Waals surface area contributed by atoms with E-state index in [4.69, 9.17) is 19.5 Å². The van der Waals surface area contributed by atoms with Crippen LogP contribution in [0.25, 0.3) is 28.1 Å². The standard InChI is InChI=1S/C32H33N5O2/c1-21-8-13-24(14-9-21)37-30-7-5-4-6-26(30)36-29-18-27(35-23-12-17-32(39-3)33-20-23)28(19-31(29)37)34-22-10-15-25(38-2)16-11-22/h4-9,12-14,17-20,22,25,35H,10-11,15-16H2,1-3H3. The molecular weight excluding hydrogens is 486 g/mol. The first-order valence-corrected chi connectivity index (χ1v) is 13.5. The first-order chi connectivity index (χ1) is 19.1. The minimum atomic E-state index is 0.240. The Morgan fingerprint density at radius 2 is 1.72 bits per heavy atom. The molecule has 2 aliphatic carbocycles. The van der Waals surface area contributed by atoms with Gasteiger partial charge in [0.15, 0.2) is 0 Å². The number of nitrogens with one attached hydrogen (secondary N) is 1. The van der Waals surface area contributed by atoms with Crippen LogP contribution in [0.5, 0.6) is 5.88 Å². The maximum atomic E-state index is 5.60. The summed E-state index contributed by atoms with van der Waals surface area (Å²) in [4.78, 5) is 14.7. The van der Waals surface area contributed by atoms with Crippen LogP contribution in [0.4, 0.5) is 11.4 Å². The highest BCUT2D eigenvalue weighted by atomic mass is 16.5. The third kappa shape index (κ3) is 5.22. The number of aromatic nitrogens is 3. The van der Waals surface area contributed by atoms with Gasteiger partial charge in [0.25, 0.3) is 0 Å². The van der Waals surface area contributed by atoms with Crippen molar-refractivity contribution in [2.45, 2.75) is 44.8 Å². The fourth-order valence-corrected chi connectivity index (χ4v) is 5.36. The Balaban J connectivity index is 1.55. The Kier molecular flexibility index (Phi) is 6.99. The molecule has 0 unspecified atom stereocenters. The fraction of sp³-hybridized carbons (Fsp3) is 0.281. The van der Waals surface area contributed by atoms with Crippen molar-refractivity contribution in [2.24, 2.45) is 4.99 Å². The van der Waals surface area contributed by atoms with E-state index in [1.165, 1.54) is 5.56 Å². The van der Waals surface area contributed by atoms with E-state index < -0.39 is 0 Å². The second-order valence-electron chi connectivity index (χ2n) is 10.1. The molecule has 1 aliphatic heterocycles. The molecule has 0 radical (unpaired) electrons. The predicted molar refractivity (Wildman–Crippen MR) is 155 cm³/mol. The van der Waals surface area contributed by atoms with Gasteiger partial charge in [0, 0.05) is 18.9 Å². The highest BCUT2D eigenvalue weighted by Gasteiger charge is 2.21. The molecule has 2 heterocycles. The molecule has 7 heteroatoms. The van der Waals surface area contributed by atoms with Crippen LogP contribution in [0.15, 0.2) is 84.0 Å². The Morgan fingerprint density at radius 3 is 2.44 bits per heavy atom. The SMILES string of the molecule is COc1ccc(Nc2cc3nc4ccccc4n(-c4ccc(C)cc4)c-3cc2=NC2CCC(OC)CC2)cn1. The van der Waals surface area contributed by atoms with Crippen molar-refractivity contribution < 1.29 is 9.47 Å². The van der Waals surface area contributed by atoms with Crippen molar-refractivity contribution in [1.29, 1.82) is 0 Å². The second-order valence-corrected chi connectivity index (χ2v) is 10.1. The van der Waals surface area contributed by atoms with Gasteiger partial charge in [-0.3, -0.25) is 4.99 Å². The van der Waals surface area contributed by atoms with E-state index >= 15 is 0 Å². The summed E-state index contributed by atoms with van der Waals surface area (Å²) in [6.07, 6.45) is 6.17. The molecule has 0 atom stereocenters. The van der Waals surface area contributed by atoms with Crippen molar-refractivity contribution in [3.8, 4) is 23.0 Å². The predicted octanol–water partition coefficient (Wildman–Crippen LogP) is 6.44. The zero-order valence-electron chi connectivity index (χ0n) is 22.6. The topological polar surface area (TPSA) is 73.6 Å². The summed E-state index contributed by atoms with van der Waals surface area (Å²) in [7, 11) is 3.42. The molecule has 2 aromatic carbocycles. The molecule has 0 spiro atoms. The molecule has 39 heavy (non-hydrogen) atoms. The molecule has 1 aromatic heterocycles. The quantitative estimate of drug-likeness (QED) is 0.261. The summed E-state index contributed by atoms with van der Waals surface area (Å²) in [5.74, 6) is 0.575. The molecule has 7 nitrogen and oxygen atoms in total. The number of pyridine rings is 1. The third-order valence-corrected chi connectivity index (χ3v) is 7.51. The molecule has 1 saturated carbocycles. The van der Waals surface area contributed by atoms with E-state index in [9.17, 15) is 0 Å². The number of methoxy groups -OCH3 is 2. The van der Waals surface area contributed by atoms with Gasteiger partial charge in [-0.15, -0.1) is 0 Å². The number of aryl methyl sites for hydroxylation is 1. The number of anilines is 2. The van der Waals surface area contributed by atoms with Gasteiger partial charge in [-0.2, -0.15) is 0 Å². The number of hydrogen-bond acceptors (Lipinski definition) is 6. The smallest absolute Gasteiger partial charge is 0.213 e. The lowest BCUT2D eigenvalue weighted by Gasteiger charge is -2.25. The molecule has 0 bridgehead atoms. The number of hydrogen-bond donors (Lipinski definition) is 1. The summed E-state index contributed by atoms with van der Waals surface area (Å²) in [6, 6.07) is 25.2. The maximum absolute atomic E-state index is 5.60. The summed E-state index contributed by atoms with van der Waals surface area (Å²) in [5, 5.41) is 4.47. The van der Waals surface area contributed by atoms with Crippen molar-refractivity contribution in [3.63, 3.8) is 0 Å². The molecule has 198 valence electrons. The van der Waals surface area contributed by atoms with E-state index in [2.05, 4.69) is 76.4 Å². The normalized spacial score (nSPS) is 18.0. The summed E-state index contributed by atoms with van der Waals surface area (Å²) in [5.41, 5.74) is 7.98. The number of ether oxygens (including phenoxy) is 2. The number of rotatable bonds is 6. The van der Waals surface area contributed by atoms with E-state index in [-0.39, 0.29) is 6.04 Å². The van der Waals surface area contributed by atoms with Crippen LogP contribution in [0, 0.1) is 6.92 Å². The molecule has 0 saturated heterocycles. The average Bonchev–Trinajstić information content (AvgIpc) is 2.98. The lowest BCUT2D eigenvalue weighted by molar-refractivity contribution is 0.0663. The molecule has 0 amide bonds. The minimum absolute atomic E-state index is 0.240. The van der Waals surface area contributed by atoms with E-state index in [1.807, 2.05) is 18.2 Å². The van der Waals surface area contributed by atoms with Crippen molar-refractivity contribution >= 4 is 22.4 Å². The molecule has 1 N–H and O–H groups in total. The lowest BCUT2D eigenvalue weighted by Crippen LogP contribution is -2.25. The van der Waals surface area contributed by atoms with E-state index in [0.717, 1.165) is 70.5 Å². The summed E-state index contributed by atoms with van der Waals surface area (Å²) >= 11 is 0. The number of fused-ring (bicyclic) bond motifs is 2. The van der Waals surface area contributed by atoms with Crippen LogP contribution in [0.1, 0.15) is 31.2 Å². The van der Waals surface area contributed by atoms with Crippen LogP contribution in [0.2, 0.25) is 0 Å². The van der Waals surface area contributed by atoms with Gasteiger partial charge < -0.3 is 19.4 Å². The van der Waals surface area contributed by atoms with Gasteiger partial charge in [-0.05, 0) is 75.1 Å². The first kappa shape index (κ1) is 25.1. The van der Waals surface area contributed by atoms with Crippen molar-refractivity contribution in [2.75, 3.05) is 19.5 Å². The zero-order valence-corrected chi connectivity index (χ0v) is 22.6. The molecule has 3 aromatic rings. The first-order valence-electron chi connectivity index (χ1n) is 13.5. The van der Waals surface area contributed by atoms with Crippen molar-refractivity contribution in [1.82, 2.24) is 14.5 Å². The zero-order chi connectivity index (χ0) is 26.8. The Labute approximate surface area is 228 Å². The van der Waals surface area contributed by atoms with Gasteiger partial charge >= 0.3 is 0 Å². The van der Waals surface area contributed by atoms with Gasteiger partial charge in [0.2, 0.25) is 5.88 Å². The fourth-order valence-electron chi connectivity index (χ4n) is 5.36. The van der Waals surface area contributed by atoms with Gasteiger partial charge in [-0.1, -0.05) is 29.8 Å². The van der Waals surface area contributed by atoms with Crippen LogP contribution in [-0.4, -0.2) is 40.9 Å². The maximum Gasteiger partial charge on any atom is 0.213 e. The van der Waals surface area contributed by atoms with Crippen LogP contribution in [-0.2, 0) is 4.74 Å². The van der Waals surface area contributed by atoms with Gasteiger partial charge in [0.05, 0.1) is 64.6 Å². The van der Waals surface area contributed by atoms with Crippen LogP contribution >= 0.6 is 0 Å². The number of benzene rings is 3. The third-order valence-electron chi connectivity index (χ3n) is 7.51. The van der Waals surface area contributed by atoms with Crippen LogP contribution < -0.4 is 15.4 Å². The Bertz CT molecular complexity index is 1620. The molecular formula is C32H33N5O2. The van der Waals surface area contributed by atoms with Gasteiger partial charge in [0.1, 0.15) is 0 Å². The van der Waals surface area contributed by atoms with Crippen LogP contribution in [0.3, 0.4) is 0 Å². The Hall–Kier alpha value is -4.23. The monoisotopic (exact) mass is 519 g/mol. The van der Waals surface area contributed by atoms with E-state index in [0.29, 0.717) is 12.0 Å². The molecule has 1 fully saturated rings.